The van der Waals surface area contributed by atoms with Gasteiger partial charge in [0.2, 0.25) is 29.5 Å². The number of hydrogen-bond donors (Lipinski definition) is 7. The van der Waals surface area contributed by atoms with Crippen molar-refractivity contribution in [2.24, 2.45) is 64.2 Å². The number of Topliss-reactive ketones (excluding diaryl/α,β-unsaturated/α-hetero) is 5. The van der Waals surface area contributed by atoms with Crippen LogP contribution in [0.1, 0.15) is 246 Å². The molecule has 0 spiro atoms. The third kappa shape index (κ3) is 27.9. The number of ether oxygens (including phenoxy) is 5. The lowest BCUT2D eigenvalue weighted by atomic mass is 9.72. The number of fused-ring (bicyclic) bond motifs is 5. The lowest BCUT2D eigenvalue weighted by Crippen LogP contribution is -2.35. The molecule has 34 nitrogen and oxygen atoms in total. The van der Waals surface area contributed by atoms with Crippen LogP contribution in [0.25, 0.3) is 54.5 Å². The molecule has 1 saturated carbocycles. The number of alkyl halides is 1. The molecule has 1 aliphatic rings. The van der Waals surface area contributed by atoms with Gasteiger partial charge in [-0.25, -0.2) is 4.68 Å². The van der Waals surface area contributed by atoms with Crippen molar-refractivity contribution in [2.75, 3.05) is 33.0 Å². The summed E-state index contributed by atoms with van der Waals surface area (Å²) in [4.78, 5) is 189. The second-order valence-corrected chi connectivity index (χ2v) is 42.0. The maximum atomic E-state index is 14.0. The smallest absolute Gasteiger partial charge is 0.289 e. The second-order valence-electron chi connectivity index (χ2n) is 35.3. The summed E-state index contributed by atoms with van der Waals surface area (Å²) in [6, 6.07) is 29.5. The molecular formula is C104H125ClI2N14O20S5. The Labute approximate surface area is 897 Å². The van der Waals surface area contributed by atoms with Crippen LogP contribution in [0.5, 0.6) is 28.7 Å². The summed E-state index contributed by atoms with van der Waals surface area (Å²) >= 11 is 21.1. The number of nitrogens with two attached hydrogens (primary N) is 5. The van der Waals surface area contributed by atoms with E-state index in [9.17, 15) is 71.9 Å². The number of nitrogens with one attached hydrogen (secondary N) is 1. The van der Waals surface area contributed by atoms with Crippen LogP contribution in [0.3, 0.4) is 0 Å². The molecule has 11 N–H and O–H groups in total. The summed E-state index contributed by atoms with van der Waals surface area (Å²) in [5.41, 5.74) is 31.3. The number of H-pyrrole nitrogens is 1. The summed E-state index contributed by atoms with van der Waals surface area (Å²) in [6.07, 6.45) is 12.4. The first-order valence-corrected chi connectivity index (χ1v) is 58.2. The van der Waals surface area contributed by atoms with Crippen molar-refractivity contribution in [3.8, 4) is 28.7 Å². The third-order valence-electron chi connectivity index (χ3n) is 24.3. The summed E-state index contributed by atoms with van der Waals surface area (Å²) in [5, 5.41) is 11.9. The van der Waals surface area contributed by atoms with E-state index in [1.807, 2.05) is 69.2 Å². The number of benzene rings is 5. The summed E-state index contributed by atoms with van der Waals surface area (Å²) in [5.74, 6) is -8.46. The molecule has 12 aromatic rings. The number of carbonyl (C=O) groups is 15. The fraction of sp³-hybridized carbons (Fsp3) is 0.404. The van der Waals surface area contributed by atoms with Crippen LogP contribution in [-0.4, -0.2) is 195 Å². The first-order chi connectivity index (χ1) is 69.2. The van der Waals surface area contributed by atoms with Crippen molar-refractivity contribution in [1.82, 2.24) is 42.8 Å². The minimum Gasteiger partial charge on any atom is -0.493 e. The van der Waals surface area contributed by atoms with Crippen molar-refractivity contribution in [2.45, 2.75) is 203 Å². The Morgan fingerprint density at radius 1 is 0.432 bits per heavy atom. The highest BCUT2D eigenvalue weighted by atomic mass is 128. The number of ketones is 5. The van der Waals surface area contributed by atoms with Crippen LogP contribution in [0, 0.1) is 70.1 Å². The SMILES string of the molecule is CCOc1cccc2c1c(C(=O)C(N)=O)c(C)n2C(=O)C(C)CC(C)CC(C)S.CCOc1cccc2c1c(C(=O)C(N)=O)c(C)n2C(=O)C(C)CC(C)CC(C)SSC(C)CC1CC(C(=O)n2c(C)c(C(=O)C(N)=O)c3c(OCC)cccc32)C1.CCOc1cccc2c1c(C(=O)C(N)=O)c(C)n2C(=O)C(C)Cl.CCOc1cccc2c1c(C(=O)C(N)=O)c(C)n2C(=O)C(C)SC(=S)n1cccn1.II.c1cn[nH]c1. The van der Waals surface area contributed by atoms with E-state index in [1.165, 1.54) is 41.6 Å². The molecule has 782 valence electrons. The number of thiol groups is 1. The standard InChI is InChI=1S/C43H54N4O8S2.C22H30N2O4S.C20H20N4O4S2.C16H17ClN2O4.C3H4N2.I2/c1-9-54-32-15-11-13-30-36(32)34(38(48)40(44)50)26(7)46(30)42(52)23(4)17-22(3)18-24(5)56-57-25(6)19-28-20-29(21-28)43(53)47-27(8)35(39(49)41(45)51)37-31(47)14-12-16-33(37)55-10-2;1-6-28-17-9-7-8-16-19(17)18(20(25)21(23)26)15(5)24(16)22(27)13(3)10-12(2)11-14(4)29;1-4-28-14-8-5-7-13-16(14)15(17(25)18(21)26)11(2)24(13)19(27)12(3)30-20(29)23-10-6-9-22-23;1-4-23-11-7-5-6-10-13(11)12(14(20)15(18)21)9(3)19(10)16(22)8(2)17;1-2-4-5-3-1;1-2/h11-16,22-25,28-29H,9-10,17-21H2,1-8H3,(H2,44,50)(H2,45,51);7-9,12-14,29H,6,10-11H2,1-5H3,(H2,23,26);5-10,12H,4H2,1-3H3,(H2,21,26);5-8H,4H2,1-3H3,(H2,18,21);1-3H,(H,4,5);. The van der Waals surface area contributed by atoms with Gasteiger partial charge in [0.15, 0.2) is 4.32 Å². The zero-order valence-corrected chi connectivity index (χ0v) is 94.0. The fourth-order valence-corrected chi connectivity index (χ4v) is 22.9. The van der Waals surface area contributed by atoms with Gasteiger partial charge in [-0.1, -0.05) is 124 Å². The number of aromatic nitrogens is 9. The molecule has 5 amide bonds. The van der Waals surface area contributed by atoms with Crippen LogP contribution in [-0.2, 0) is 24.0 Å². The lowest BCUT2D eigenvalue weighted by molar-refractivity contribution is -0.114. The first-order valence-electron chi connectivity index (χ1n) is 47.4. The molecule has 42 heteroatoms. The van der Waals surface area contributed by atoms with Gasteiger partial charge in [0.05, 0.1) is 121 Å². The Bertz CT molecular complexity index is 6860. The quantitative estimate of drug-likeness (QED) is 0.00358. The first kappa shape index (κ1) is 120. The van der Waals surface area contributed by atoms with Crippen LogP contribution in [0.15, 0.2) is 128 Å². The Morgan fingerprint density at radius 3 is 1.02 bits per heavy atom. The molecule has 0 aliphatic heterocycles. The van der Waals surface area contributed by atoms with Gasteiger partial charge in [-0.2, -0.15) is 22.8 Å². The van der Waals surface area contributed by atoms with E-state index in [-0.39, 0.29) is 80.4 Å². The number of carbonyl (C=O) groups excluding carboxylic acids is 15. The van der Waals surface area contributed by atoms with Crippen molar-refractivity contribution in [3.05, 3.63) is 184 Å². The lowest BCUT2D eigenvalue weighted by Gasteiger charge is -2.36. The van der Waals surface area contributed by atoms with Crippen LogP contribution >= 0.6 is 107 Å². The Balaban J connectivity index is 0.000000247. The molecule has 9 atom stereocenters. The fourth-order valence-electron chi connectivity index (χ4n) is 18.4. The van der Waals surface area contributed by atoms with Crippen LogP contribution in [0.4, 0.5) is 0 Å². The Morgan fingerprint density at radius 2 is 0.740 bits per heavy atom. The zero-order chi connectivity index (χ0) is 109. The molecule has 7 aromatic heterocycles. The van der Waals surface area contributed by atoms with Crippen molar-refractivity contribution in [1.29, 1.82) is 0 Å². The molecule has 0 radical (unpaired) electrons. The van der Waals surface area contributed by atoms with Crippen molar-refractivity contribution >= 4 is 254 Å². The van der Waals surface area contributed by atoms with E-state index in [0.29, 0.717) is 184 Å². The number of thiocarbonyl (C=S) groups is 1. The van der Waals surface area contributed by atoms with Gasteiger partial charge in [-0.05, 0) is 224 Å². The Kier molecular flexibility index (Phi) is 45.1. The summed E-state index contributed by atoms with van der Waals surface area (Å²) < 4.78 is 37.7. The minimum absolute atomic E-state index is 0.0711. The highest BCUT2D eigenvalue weighted by molar-refractivity contribution is 15.0. The molecule has 7 heterocycles. The third-order valence-corrected chi connectivity index (χ3v) is 29.6. The summed E-state index contributed by atoms with van der Waals surface area (Å²) in [6.45, 7) is 36.8. The molecule has 1 fully saturated rings. The maximum absolute atomic E-state index is 14.0. The number of nitrogens with zero attached hydrogens (tertiary/aromatic N) is 8. The van der Waals surface area contributed by atoms with E-state index in [0.717, 1.165) is 32.1 Å². The Hall–Kier alpha value is -11.5. The molecule has 9 unspecified atom stereocenters. The van der Waals surface area contributed by atoms with Gasteiger partial charge in [0, 0.05) is 119 Å². The maximum Gasteiger partial charge on any atom is 0.289 e. The van der Waals surface area contributed by atoms with Gasteiger partial charge in [0.25, 0.3) is 58.5 Å². The van der Waals surface area contributed by atoms with E-state index in [1.54, 1.807) is 182 Å². The van der Waals surface area contributed by atoms with E-state index in [2.05, 4.69) is 92.9 Å². The number of thioether (sulfide) groups is 1. The second kappa shape index (κ2) is 55.0. The van der Waals surface area contributed by atoms with Gasteiger partial charge < -0.3 is 52.4 Å². The van der Waals surface area contributed by atoms with Crippen LogP contribution < -0.4 is 52.4 Å². The number of rotatable bonds is 39. The number of aromatic amines is 1. The predicted molar refractivity (Wildman–Crippen MR) is 598 cm³/mol. The van der Waals surface area contributed by atoms with E-state index < -0.39 is 75.0 Å². The predicted octanol–water partition coefficient (Wildman–Crippen LogP) is 19.3. The molecule has 13 rings (SSSR count). The van der Waals surface area contributed by atoms with E-state index in [4.69, 9.17) is 76.2 Å². The van der Waals surface area contributed by atoms with Gasteiger partial charge in [0.1, 0.15) is 34.1 Å². The van der Waals surface area contributed by atoms with Gasteiger partial charge in [-0.3, -0.25) is 99.9 Å². The molecule has 1 aliphatic carbocycles. The van der Waals surface area contributed by atoms with Crippen molar-refractivity contribution < 1.29 is 95.6 Å². The van der Waals surface area contributed by atoms with Crippen molar-refractivity contribution in [3.63, 3.8) is 0 Å². The topological polar surface area (TPSA) is 503 Å². The molecule has 0 bridgehead atoms. The monoisotopic (exact) mass is 2340 g/mol. The van der Waals surface area contributed by atoms with Gasteiger partial charge >= 0.3 is 0 Å². The number of halogens is 3. The number of primary amides is 5. The summed E-state index contributed by atoms with van der Waals surface area (Å²) in [7, 11) is 3.69. The minimum atomic E-state index is -1.10. The number of amides is 5. The molecule has 146 heavy (non-hydrogen) atoms. The average Bonchev–Trinajstić information content (AvgIpc) is 1.65. The molecular weight excluding hydrogens is 2210 g/mol. The van der Waals surface area contributed by atoms with Crippen LogP contribution in [0.2, 0.25) is 0 Å². The molecule has 0 saturated heterocycles. The highest BCUT2D eigenvalue weighted by Crippen LogP contribution is 2.47. The normalized spacial score (nSPS) is 14.3. The highest BCUT2D eigenvalue weighted by Gasteiger charge is 2.41. The average molecular weight is 2340 g/mol. The molecule has 5 aromatic carbocycles. The largest absolute Gasteiger partial charge is 0.493 e. The van der Waals surface area contributed by atoms with Gasteiger partial charge in [-0.15, -0.1) is 11.6 Å². The zero-order valence-electron chi connectivity index (χ0n) is 84.8. The number of hydrogen-bond acceptors (Lipinski definition) is 27. The van der Waals surface area contributed by atoms with E-state index >= 15 is 0 Å².